The Labute approximate surface area is 176 Å². The highest BCUT2D eigenvalue weighted by molar-refractivity contribution is 6.39. The standard InChI is InChI=1S/C21H25Cl2N3O2/c1-2-28-17-8-6-16(7-9-17)14-25-10-12-26(13-11-25)15-20(27)24-21-18(22)4-3-5-19(21)23/h3-9H,2,10-15H2,1H3,(H,24,27). The lowest BCUT2D eigenvalue weighted by Gasteiger charge is -2.34. The molecule has 28 heavy (non-hydrogen) atoms. The molecule has 150 valence electrons. The normalized spacial score (nSPS) is 15.4. The van der Waals surface area contributed by atoms with Gasteiger partial charge in [-0.25, -0.2) is 0 Å². The van der Waals surface area contributed by atoms with Crippen LogP contribution >= 0.6 is 23.2 Å². The number of hydrogen-bond acceptors (Lipinski definition) is 4. The van der Waals surface area contributed by atoms with E-state index in [1.807, 2.05) is 19.1 Å². The van der Waals surface area contributed by atoms with Crippen molar-refractivity contribution in [2.24, 2.45) is 0 Å². The third-order valence-corrected chi connectivity index (χ3v) is 5.33. The van der Waals surface area contributed by atoms with Gasteiger partial charge in [0.15, 0.2) is 0 Å². The van der Waals surface area contributed by atoms with E-state index in [1.54, 1.807) is 18.2 Å². The van der Waals surface area contributed by atoms with E-state index in [4.69, 9.17) is 27.9 Å². The second-order valence-corrected chi connectivity index (χ2v) is 7.59. The van der Waals surface area contributed by atoms with Crippen LogP contribution in [0.15, 0.2) is 42.5 Å². The molecule has 1 amide bonds. The molecular weight excluding hydrogens is 397 g/mol. The molecule has 1 heterocycles. The zero-order valence-electron chi connectivity index (χ0n) is 16.0. The van der Waals surface area contributed by atoms with E-state index in [-0.39, 0.29) is 5.91 Å². The average molecular weight is 422 g/mol. The van der Waals surface area contributed by atoms with Gasteiger partial charge in [0.25, 0.3) is 0 Å². The highest BCUT2D eigenvalue weighted by Gasteiger charge is 2.20. The summed E-state index contributed by atoms with van der Waals surface area (Å²) in [7, 11) is 0. The van der Waals surface area contributed by atoms with E-state index in [0.29, 0.717) is 28.9 Å². The van der Waals surface area contributed by atoms with Crippen molar-refractivity contribution in [3.05, 3.63) is 58.1 Å². The largest absolute Gasteiger partial charge is 0.494 e. The van der Waals surface area contributed by atoms with Crippen LogP contribution in [0.1, 0.15) is 12.5 Å². The third-order valence-electron chi connectivity index (χ3n) is 4.70. The average Bonchev–Trinajstić information content (AvgIpc) is 2.68. The Morgan fingerprint density at radius 3 is 2.21 bits per heavy atom. The number of halogens is 2. The molecule has 3 rings (SSSR count). The number of benzene rings is 2. The molecule has 2 aromatic rings. The molecule has 2 aromatic carbocycles. The number of piperazine rings is 1. The summed E-state index contributed by atoms with van der Waals surface area (Å²) in [5.41, 5.74) is 1.74. The smallest absolute Gasteiger partial charge is 0.238 e. The Hall–Kier alpha value is -1.79. The lowest BCUT2D eigenvalue weighted by atomic mass is 10.2. The van der Waals surface area contributed by atoms with Crippen molar-refractivity contribution in [2.75, 3.05) is 44.6 Å². The van der Waals surface area contributed by atoms with E-state index < -0.39 is 0 Å². The second kappa shape index (κ2) is 10.1. The summed E-state index contributed by atoms with van der Waals surface area (Å²) in [6.07, 6.45) is 0. The molecule has 0 spiro atoms. The SMILES string of the molecule is CCOc1ccc(CN2CCN(CC(=O)Nc3c(Cl)cccc3Cl)CC2)cc1. The fourth-order valence-electron chi connectivity index (χ4n) is 3.22. The van der Waals surface area contributed by atoms with Gasteiger partial charge >= 0.3 is 0 Å². The summed E-state index contributed by atoms with van der Waals surface area (Å²) in [5.74, 6) is 0.802. The topological polar surface area (TPSA) is 44.8 Å². The maximum absolute atomic E-state index is 12.3. The van der Waals surface area contributed by atoms with Crippen LogP contribution in [0.25, 0.3) is 0 Å². The van der Waals surface area contributed by atoms with Gasteiger partial charge in [0, 0.05) is 32.7 Å². The molecule has 7 heteroatoms. The predicted octanol–water partition coefficient (Wildman–Crippen LogP) is 4.15. The van der Waals surface area contributed by atoms with Gasteiger partial charge < -0.3 is 10.1 Å². The van der Waals surface area contributed by atoms with E-state index in [0.717, 1.165) is 38.5 Å². The predicted molar refractivity (Wildman–Crippen MR) is 114 cm³/mol. The molecule has 0 atom stereocenters. The minimum atomic E-state index is -0.102. The van der Waals surface area contributed by atoms with Crippen LogP contribution in [0.2, 0.25) is 10.0 Å². The van der Waals surface area contributed by atoms with Crippen molar-refractivity contribution in [1.82, 2.24) is 9.80 Å². The van der Waals surface area contributed by atoms with Gasteiger partial charge in [0.05, 0.1) is 28.9 Å². The minimum Gasteiger partial charge on any atom is -0.494 e. The highest BCUT2D eigenvalue weighted by Crippen LogP contribution is 2.29. The zero-order valence-corrected chi connectivity index (χ0v) is 17.5. The molecule has 1 saturated heterocycles. The van der Waals surface area contributed by atoms with Crippen molar-refractivity contribution in [2.45, 2.75) is 13.5 Å². The zero-order chi connectivity index (χ0) is 19.9. The first-order valence-corrected chi connectivity index (χ1v) is 10.2. The van der Waals surface area contributed by atoms with Crippen LogP contribution in [0.5, 0.6) is 5.75 Å². The number of rotatable bonds is 7. The van der Waals surface area contributed by atoms with Gasteiger partial charge in [-0.2, -0.15) is 0 Å². The van der Waals surface area contributed by atoms with Gasteiger partial charge in [-0.1, -0.05) is 41.4 Å². The Morgan fingerprint density at radius 2 is 1.61 bits per heavy atom. The van der Waals surface area contributed by atoms with Crippen molar-refractivity contribution >= 4 is 34.8 Å². The number of nitrogens with zero attached hydrogens (tertiary/aromatic N) is 2. The van der Waals surface area contributed by atoms with Gasteiger partial charge in [0.1, 0.15) is 5.75 Å². The first kappa shape index (κ1) is 20.9. The Kier molecular flexibility index (Phi) is 7.57. The lowest BCUT2D eigenvalue weighted by Crippen LogP contribution is -2.48. The maximum Gasteiger partial charge on any atom is 0.238 e. The molecule has 1 aliphatic heterocycles. The first-order chi connectivity index (χ1) is 13.5. The fraction of sp³-hybridized carbons (Fsp3) is 0.381. The molecular formula is C21H25Cl2N3O2. The van der Waals surface area contributed by atoms with Crippen molar-refractivity contribution in [1.29, 1.82) is 0 Å². The molecule has 5 nitrogen and oxygen atoms in total. The summed E-state index contributed by atoms with van der Waals surface area (Å²) in [6.45, 7) is 7.44. The second-order valence-electron chi connectivity index (χ2n) is 6.77. The number of amides is 1. The van der Waals surface area contributed by atoms with Crippen LogP contribution in [0.3, 0.4) is 0 Å². The molecule has 0 saturated carbocycles. The quantitative estimate of drug-likeness (QED) is 0.728. The molecule has 1 N–H and O–H groups in total. The molecule has 0 bridgehead atoms. The number of para-hydroxylation sites is 1. The van der Waals surface area contributed by atoms with Gasteiger partial charge in [-0.05, 0) is 36.8 Å². The van der Waals surface area contributed by atoms with Crippen molar-refractivity contribution in [3.8, 4) is 5.75 Å². The summed E-state index contributed by atoms with van der Waals surface area (Å²) < 4.78 is 5.48. The van der Waals surface area contributed by atoms with E-state index in [9.17, 15) is 4.79 Å². The number of ether oxygens (including phenoxy) is 1. The summed E-state index contributed by atoms with van der Waals surface area (Å²) in [5, 5.41) is 3.71. The van der Waals surface area contributed by atoms with Crippen LogP contribution in [-0.4, -0.2) is 55.0 Å². The summed E-state index contributed by atoms with van der Waals surface area (Å²) in [6, 6.07) is 13.4. The molecule has 0 aromatic heterocycles. The lowest BCUT2D eigenvalue weighted by molar-refractivity contribution is -0.117. The summed E-state index contributed by atoms with van der Waals surface area (Å²) in [4.78, 5) is 16.9. The van der Waals surface area contributed by atoms with E-state index in [1.165, 1.54) is 5.56 Å². The third kappa shape index (κ3) is 5.85. The number of nitrogens with one attached hydrogen (secondary N) is 1. The molecule has 1 aliphatic rings. The molecule has 1 fully saturated rings. The Balaban J connectivity index is 1.44. The Morgan fingerprint density at radius 1 is 1.00 bits per heavy atom. The first-order valence-electron chi connectivity index (χ1n) is 9.45. The molecule has 0 unspecified atom stereocenters. The van der Waals surface area contributed by atoms with Crippen LogP contribution in [-0.2, 0) is 11.3 Å². The van der Waals surface area contributed by atoms with Gasteiger partial charge in [0.2, 0.25) is 5.91 Å². The van der Waals surface area contributed by atoms with Crippen LogP contribution < -0.4 is 10.1 Å². The monoisotopic (exact) mass is 421 g/mol. The van der Waals surface area contributed by atoms with E-state index in [2.05, 4.69) is 27.2 Å². The molecule has 0 aliphatic carbocycles. The fourth-order valence-corrected chi connectivity index (χ4v) is 3.71. The number of carbonyl (C=O) groups excluding carboxylic acids is 1. The minimum absolute atomic E-state index is 0.102. The number of hydrogen-bond donors (Lipinski definition) is 1. The van der Waals surface area contributed by atoms with Gasteiger partial charge in [-0.15, -0.1) is 0 Å². The van der Waals surface area contributed by atoms with Gasteiger partial charge in [-0.3, -0.25) is 14.6 Å². The molecule has 0 radical (unpaired) electrons. The maximum atomic E-state index is 12.3. The Bertz CT molecular complexity index is 770. The van der Waals surface area contributed by atoms with Crippen molar-refractivity contribution in [3.63, 3.8) is 0 Å². The number of anilines is 1. The van der Waals surface area contributed by atoms with Crippen LogP contribution in [0, 0.1) is 0 Å². The van der Waals surface area contributed by atoms with Crippen molar-refractivity contribution < 1.29 is 9.53 Å². The van der Waals surface area contributed by atoms with Crippen LogP contribution in [0.4, 0.5) is 5.69 Å². The highest BCUT2D eigenvalue weighted by atomic mass is 35.5. The summed E-state index contributed by atoms with van der Waals surface area (Å²) >= 11 is 12.2. The number of carbonyl (C=O) groups is 1. The van der Waals surface area contributed by atoms with E-state index >= 15 is 0 Å².